The summed E-state index contributed by atoms with van der Waals surface area (Å²) in [6.45, 7) is 3.62. The second-order valence-corrected chi connectivity index (χ2v) is 4.56. The van der Waals surface area contributed by atoms with Gasteiger partial charge in [-0.25, -0.2) is 0 Å². The third-order valence-corrected chi connectivity index (χ3v) is 3.41. The average Bonchev–Trinajstić information content (AvgIpc) is 2.81. The molecule has 1 aromatic rings. The van der Waals surface area contributed by atoms with Crippen LogP contribution in [-0.4, -0.2) is 28.9 Å². The van der Waals surface area contributed by atoms with Crippen LogP contribution in [0.15, 0.2) is 18.5 Å². The molecule has 1 aliphatic heterocycles. The third kappa shape index (κ3) is 2.19. The molecule has 0 spiro atoms. The van der Waals surface area contributed by atoms with E-state index in [0.29, 0.717) is 0 Å². The predicted octanol–water partition coefficient (Wildman–Crippen LogP) is 2.29. The van der Waals surface area contributed by atoms with E-state index in [0.717, 1.165) is 37.1 Å². The van der Waals surface area contributed by atoms with Gasteiger partial charge in [-0.15, -0.1) is 11.6 Å². The van der Waals surface area contributed by atoms with Crippen molar-refractivity contribution in [2.24, 2.45) is 0 Å². The predicted molar refractivity (Wildman–Crippen MR) is 63.4 cm³/mol. The van der Waals surface area contributed by atoms with Crippen molar-refractivity contribution < 1.29 is 4.79 Å². The van der Waals surface area contributed by atoms with Crippen LogP contribution in [-0.2, 0) is 4.79 Å². The molecule has 1 unspecified atom stereocenters. The van der Waals surface area contributed by atoms with Gasteiger partial charge in [0.15, 0.2) is 0 Å². The van der Waals surface area contributed by atoms with Crippen LogP contribution in [0.1, 0.15) is 29.3 Å². The number of halogens is 1. The third-order valence-electron chi connectivity index (χ3n) is 2.99. The summed E-state index contributed by atoms with van der Waals surface area (Å²) >= 11 is 6.21. The highest BCUT2D eigenvalue weighted by molar-refractivity contribution is 6.30. The first-order valence-corrected chi connectivity index (χ1v) is 5.97. The molecule has 1 fully saturated rings. The van der Waals surface area contributed by atoms with Crippen molar-refractivity contribution in [3.8, 4) is 0 Å². The quantitative estimate of drug-likeness (QED) is 0.741. The van der Waals surface area contributed by atoms with Crippen molar-refractivity contribution >= 4 is 17.5 Å². The van der Waals surface area contributed by atoms with Crippen molar-refractivity contribution in [3.05, 3.63) is 29.6 Å². The molecule has 0 N–H and O–H groups in total. The second kappa shape index (κ2) is 4.83. The van der Waals surface area contributed by atoms with Crippen LogP contribution in [0.5, 0.6) is 0 Å². The van der Waals surface area contributed by atoms with Gasteiger partial charge in [0.05, 0.1) is 0 Å². The Hall–Kier alpha value is -1.09. The van der Waals surface area contributed by atoms with Crippen molar-refractivity contribution in [1.29, 1.82) is 0 Å². The van der Waals surface area contributed by atoms with Gasteiger partial charge in [0, 0.05) is 31.0 Å². The number of rotatable bonds is 2. The summed E-state index contributed by atoms with van der Waals surface area (Å²) in [4.78, 5) is 17.9. The molecule has 16 heavy (non-hydrogen) atoms. The van der Waals surface area contributed by atoms with Gasteiger partial charge in [-0.3, -0.25) is 9.78 Å². The Morgan fingerprint density at radius 3 is 2.81 bits per heavy atom. The first-order valence-electron chi connectivity index (χ1n) is 5.53. The lowest BCUT2D eigenvalue weighted by Gasteiger charge is -2.19. The number of likely N-dealkylation sites (tertiary alicyclic amines) is 1. The Balaban J connectivity index is 2.15. The largest absolute Gasteiger partial charge is 0.341 e. The molecule has 1 amide bonds. The number of hydrogen-bond acceptors (Lipinski definition) is 2. The number of carbonyl (C=O) groups excluding carboxylic acids is 1. The Bertz CT molecular complexity index is 388. The molecule has 0 radical (unpaired) electrons. The number of aryl methyl sites for hydroxylation is 1. The van der Waals surface area contributed by atoms with Crippen LogP contribution in [0, 0.1) is 6.92 Å². The Morgan fingerprint density at radius 2 is 2.19 bits per heavy atom. The van der Waals surface area contributed by atoms with Crippen molar-refractivity contribution in [2.75, 3.05) is 13.1 Å². The second-order valence-electron chi connectivity index (χ2n) is 4.13. The summed E-state index contributed by atoms with van der Waals surface area (Å²) in [5.41, 5.74) is 1.84. The molecule has 4 heteroatoms. The number of carbonyl (C=O) groups is 1. The molecule has 1 aliphatic rings. The molecular weight excluding hydrogens is 224 g/mol. The van der Waals surface area contributed by atoms with Gasteiger partial charge in [0.25, 0.3) is 0 Å². The van der Waals surface area contributed by atoms with E-state index in [2.05, 4.69) is 4.98 Å². The number of nitrogens with zero attached hydrogens (tertiary/aromatic N) is 2. The molecule has 1 aromatic heterocycles. The zero-order valence-corrected chi connectivity index (χ0v) is 10.1. The molecule has 2 heterocycles. The fourth-order valence-electron chi connectivity index (χ4n) is 1.97. The number of hydrogen-bond donors (Lipinski definition) is 0. The molecular formula is C12H15ClN2O. The van der Waals surface area contributed by atoms with E-state index >= 15 is 0 Å². The van der Waals surface area contributed by atoms with E-state index in [4.69, 9.17) is 11.6 Å². The topological polar surface area (TPSA) is 33.2 Å². The number of amides is 1. The van der Waals surface area contributed by atoms with E-state index in [1.807, 2.05) is 17.9 Å². The first-order chi connectivity index (χ1) is 7.70. The van der Waals surface area contributed by atoms with E-state index in [-0.39, 0.29) is 5.91 Å². The fourth-order valence-corrected chi connectivity index (χ4v) is 2.34. The number of pyridine rings is 1. The Morgan fingerprint density at radius 1 is 1.50 bits per heavy atom. The molecule has 3 nitrogen and oxygen atoms in total. The minimum atomic E-state index is -0.591. The summed E-state index contributed by atoms with van der Waals surface area (Å²) < 4.78 is 0. The van der Waals surface area contributed by atoms with Crippen LogP contribution in [0.4, 0.5) is 0 Å². The highest BCUT2D eigenvalue weighted by Crippen LogP contribution is 2.26. The van der Waals surface area contributed by atoms with Gasteiger partial charge in [-0.1, -0.05) is 0 Å². The van der Waals surface area contributed by atoms with Crippen molar-refractivity contribution in [2.45, 2.75) is 25.1 Å². The van der Waals surface area contributed by atoms with E-state index in [1.165, 1.54) is 0 Å². The molecule has 0 saturated carbocycles. The van der Waals surface area contributed by atoms with Gasteiger partial charge in [0.1, 0.15) is 5.38 Å². The summed E-state index contributed by atoms with van der Waals surface area (Å²) in [6, 6.07) is 1.88. The summed E-state index contributed by atoms with van der Waals surface area (Å²) in [5, 5.41) is -0.591. The van der Waals surface area contributed by atoms with Gasteiger partial charge >= 0.3 is 0 Å². The van der Waals surface area contributed by atoms with Gasteiger partial charge in [-0.05, 0) is 31.4 Å². The average molecular weight is 239 g/mol. The molecule has 1 atom stereocenters. The normalized spacial score (nSPS) is 17.5. The van der Waals surface area contributed by atoms with Gasteiger partial charge < -0.3 is 4.90 Å². The lowest BCUT2D eigenvalue weighted by molar-refractivity contribution is -0.129. The van der Waals surface area contributed by atoms with Crippen LogP contribution in [0.2, 0.25) is 0 Å². The Kier molecular flexibility index (Phi) is 3.44. The summed E-state index contributed by atoms with van der Waals surface area (Å²) in [6.07, 6.45) is 5.56. The summed E-state index contributed by atoms with van der Waals surface area (Å²) in [7, 11) is 0. The lowest BCUT2D eigenvalue weighted by Crippen LogP contribution is -2.30. The Labute approximate surface area is 100 Å². The van der Waals surface area contributed by atoms with Crippen molar-refractivity contribution in [1.82, 2.24) is 9.88 Å². The van der Waals surface area contributed by atoms with E-state index < -0.39 is 5.38 Å². The van der Waals surface area contributed by atoms with Crippen LogP contribution in [0.25, 0.3) is 0 Å². The zero-order chi connectivity index (χ0) is 11.5. The molecule has 0 bridgehead atoms. The molecule has 0 aliphatic carbocycles. The highest BCUT2D eigenvalue weighted by atomic mass is 35.5. The molecule has 2 rings (SSSR count). The fraction of sp³-hybridized carbons (Fsp3) is 0.500. The minimum Gasteiger partial charge on any atom is -0.341 e. The number of aromatic nitrogens is 1. The molecule has 0 aromatic carbocycles. The maximum absolute atomic E-state index is 12.1. The standard InChI is InChI=1S/C12H15ClN2O/c1-9-4-5-14-8-10(9)11(13)12(16)15-6-2-3-7-15/h4-5,8,11H,2-3,6-7H2,1H3. The maximum atomic E-state index is 12.1. The van der Waals surface area contributed by atoms with Crippen molar-refractivity contribution in [3.63, 3.8) is 0 Å². The smallest absolute Gasteiger partial charge is 0.245 e. The zero-order valence-electron chi connectivity index (χ0n) is 9.32. The van der Waals surface area contributed by atoms with E-state index in [9.17, 15) is 4.79 Å². The van der Waals surface area contributed by atoms with Crippen LogP contribution in [0.3, 0.4) is 0 Å². The number of alkyl halides is 1. The lowest BCUT2D eigenvalue weighted by atomic mass is 10.1. The molecule has 86 valence electrons. The monoisotopic (exact) mass is 238 g/mol. The van der Waals surface area contributed by atoms with E-state index in [1.54, 1.807) is 12.4 Å². The maximum Gasteiger partial charge on any atom is 0.245 e. The SMILES string of the molecule is Cc1ccncc1C(Cl)C(=O)N1CCCC1. The van der Waals surface area contributed by atoms with Gasteiger partial charge in [-0.2, -0.15) is 0 Å². The van der Waals surface area contributed by atoms with Gasteiger partial charge in [0.2, 0.25) is 5.91 Å². The van der Waals surface area contributed by atoms with Crippen LogP contribution < -0.4 is 0 Å². The highest BCUT2D eigenvalue weighted by Gasteiger charge is 2.26. The van der Waals surface area contributed by atoms with Crippen LogP contribution >= 0.6 is 11.6 Å². The minimum absolute atomic E-state index is 0.00951. The first kappa shape index (κ1) is 11.4. The molecule has 1 saturated heterocycles. The summed E-state index contributed by atoms with van der Waals surface area (Å²) in [5.74, 6) is 0.00951.